The van der Waals surface area contributed by atoms with E-state index in [9.17, 15) is 0 Å². The van der Waals surface area contributed by atoms with Crippen molar-refractivity contribution < 1.29 is 0 Å². The third kappa shape index (κ3) is 17.1. The van der Waals surface area contributed by atoms with Crippen LogP contribution in [0.15, 0.2) is 37.5 Å². The summed E-state index contributed by atoms with van der Waals surface area (Å²) in [5.41, 5.74) is 0. The molecule has 0 heterocycles. The van der Waals surface area contributed by atoms with E-state index in [1.165, 1.54) is 0 Å². The first-order chi connectivity index (χ1) is 9.91. The van der Waals surface area contributed by atoms with Crippen molar-refractivity contribution in [1.29, 1.82) is 0 Å². The molecule has 0 aromatic heterocycles. The molecular weight excluding hydrogens is 248 g/mol. The molecule has 0 bridgehead atoms. The highest BCUT2D eigenvalue weighted by Crippen LogP contribution is 1.77. The van der Waals surface area contributed by atoms with Gasteiger partial charge in [-0.15, -0.1) is 13.2 Å². The minimum atomic E-state index is 0.898. The van der Waals surface area contributed by atoms with Gasteiger partial charge in [-0.2, -0.15) is 0 Å². The quantitative estimate of drug-likeness (QED) is 0.252. The average molecular weight is 280 g/mol. The molecule has 0 aromatic rings. The van der Waals surface area contributed by atoms with E-state index < -0.39 is 0 Å². The van der Waals surface area contributed by atoms with E-state index in [1.54, 1.807) is 0 Å². The molecule has 0 aliphatic heterocycles. The van der Waals surface area contributed by atoms with E-state index in [0.29, 0.717) is 0 Å². The van der Waals surface area contributed by atoms with Crippen molar-refractivity contribution in [3.63, 3.8) is 0 Å². The summed E-state index contributed by atoms with van der Waals surface area (Å²) in [5, 5.41) is 13.3. The van der Waals surface area contributed by atoms with E-state index in [-0.39, 0.29) is 0 Å². The van der Waals surface area contributed by atoms with Gasteiger partial charge >= 0.3 is 0 Å². The Morgan fingerprint density at radius 2 is 0.900 bits per heavy atom. The van der Waals surface area contributed by atoms with E-state index in [1.807, 2.05) is 12.2 Å². The van der Waals surface area contributed by atoms with Crippen LogP contribution in [0, 0.1) is 0 Å². The molecule has 4 heteroatoms. The lowest BCUT2D eigenvalue weighted by molar-refractivity contribution is 0.634. The van der Waals surface area contributed by atoms with E-state index in [0.717, 1.165) is 65.2 Å². The molecule has 4 N–H and O–H groups in total. The highest BCUT2D eigenvalue weighted by atomic mass is 14.9. The van der Waals surface area contributed by atoms with E-state index >= 15 is 0 Å². The molecule has 0 aliphatic carbocycles. The third-order valence-corrected chi connectivity index (χ3v) is 2.68. The summed E-state index contributed by atoms with van der Waals surface area (Å²) >= 11 is 0. The van der Waals surface area contributed by atoms with Gasteiger partial charge in [0.15, 0.2) is 0 Å². The minimum Gasteiger partial charge on any atom is -0.313 e. The molecule has 0 saturated carbocycles. The van der Waals surface area contributed by atoms with Crippen molar-refractivity contribution in [2.45, 2.75) is 12.8 Å². The van der Waals surface area contributed by atoms with Gasteiger partial charge in [-0.1, -0.05) is 24.3 Å². The standard InChI is InChI=1S/C16H32N4/c1-3-9-17-13-7-15-19-11-5-6-12-20-16-8-14-18-10-4-2/h3-6,17-20H,1-2,7-16H2/b6-5+. The topological polar surface area (TPSA) is 48.1 Å². The molecule has 0 aromatic carbocycles. The zero-order valence-corrected chi connectivity index (χ0v) is 12.8. The summed E-state index contributed by atoms with van der Waals surface area (Å²) in [4.78, 5) is 0. The molecule has 0 spiro atoms. The van der Waals surface area contributed by atoms with Crippen LogP contribution in [0.2, 0.25) is 0 Å². The molecule has 0 atom stereocenters. The van der Waals surface area contributed by atoms with Crippen molar-refractivity contribution in [2.75, 3.05) is 52.4 Å². The van der Waals surface area contributed by atoms with Crippen molar-refractivity contribution in [2.24, 2.45) is 0 Å². The summed E-state index contributed by atoms with van der Waals surface area (Å²) in [5.74, 6) is 0. The second kappa shape index (κ2) is 18.1. The Bertz CT molecular complexity index is 215. The molecular formula is C16H32N4. The molecule has 116 valence electrons. The third-order valence-electron chi connectivity index (χ3n) is 2.68. The lowest BCUT2D eigenvalue weighted by atomic mass is 10.4. The summed E-state index contributed by atoms with van der Waals surface area (Å²) < 4.78 is 0. The molecule has 0 aliphatic rings. The molecule has 20 heavy (non-hydrogen) atoms. The molecule has 4 nitrogen and oxygen atoms in total. The maximum absolute atomic E-state index is 3.67. The summed E-state index contributed by atoms with van der Waals surface area (Å²) in [6.07, 6.45) is 10.4. The number of hydrogen-bond acceptors (Lipinski definition) is 4. The Hall–Kier alpha value is -0.940. The highest BCUT2D eigenvalue weighted by Gasteiger charge is 1.87. The molecule has 0 saturated heterocycles. The van der Waals surface area contributed by atoms with Gasteiger partial charge in [-0.3, -0.25) is 0 Å². The zero-order valence-electron chi connectivity index (χ0n) is 12.8. The van der Waals surface area contributed by atoms with E-state index in [4.69, 9.17) is 0 Å². The highest BCUT2D eigenvalue weighted by molar-refractivity contribution is 4.85. The average Bonchev–Trinajstić information content (AvgIpc) is 2.47. The SMILES string of the molecule is C=CCNCCCNC/C=C/CNCCCNCC=C. The normalized spacial score (nSPS) is 11.0. The van der Waals surface area contributed by atoms with Crippen LogP contribution in [0.1, 0.15) is 12.8 Å². The molecule has 0 fully saturated rings. The zero-order chi connectivity index (χ0) is 14.7. The lowest BCUT2D eigenvalue weighted by Crippen LogP contribution is -2.23. The second-order valence-corrected chi connectivity index (χ2v) is 4.57. The Morgan fingerprint density at radius 3 is 1.25 bits per heavy atom. The Kier molecular flexibility index (Phi) is 17.2. The van der Waals surface area contributed by atoms with Crippen LogP contribution in [-0.4, -0.2) is 52.4 Å². The monoisotopic (exact) mass is 280 g/mol. The van der Waals surface area contributed by atoms with Crippen LogP contribution < -0.4 is 21.3 Å². The van der Waals surface area contributed by atoms with Crippen molar-refractivity contribution in [3.05, 3.63) is 37.5 Å². The van der Waals surface area contributed by atoms with E-state index in [2.05, 4.69) is 46.6 Å². The fourth-order valence-electron chi connectivity index (χ4n) is 1.62. The fraction of sp³-hybridized carbons (Fsp3) is 0.625. The smallest absolute Gasteiger partial charge is 0.0135 e. The number of hydrogen-bond donors (Lipinski definition) is 4. The van der Waals surface area contributed by atoms with Gasteiger partial charge < -0.3 is 21.3 Å². The van der Waals surface area contributed by atoms with Crippen LogP contribution >= 0.6 is 0 Å². The van der Waals surface area contributed by atoms with Crippen LogP contribution in [0.5, 0.6) is 0 Å². The predicted octanol–water partition coefficient (Wildman–Crippen LogP) is 1.05. The van der Waals surface area contributed by atoms with Gasteiger partial charge in [0.05, 0.1) is 0 Å². The Labute approximate surface area is 124 Å². The molecule has 0 rings (SSSR count). The second-order valence-electron chi connectivity index (χ2n) is 4.57. The Morgan fingerprint density at radius 1 is 0.550 bits per heavy atom. The van der Waals surface area contributed by atoms with Crippen LogP contribution in [-0.2, 0) is 0 Å². The van der Waals surface area contributed by atoms with Crippen molar-refractivity contribution in [1.82, 2.24) is 21.3 Å². The van der Waals surface area contributed by atoms with Gasteiger partial charge in [0.2, 0.25) is 0 Å². The fourth-order valence-corrected chi connectivity index (χ4v) is 1.62. The van der Waals surface area contributed by atoms with Crippen LogP contribution in [0.3, 0.4) is 0 Å². The van der Waals surface area contributed by atoms with Crippen molar-refractivity contribution >= 4 is 0 Å². The predicted molar refractivity (Wildman–Crippen MR) is 90.2 cm³/mol. The minimum absolute atomic E-state index is 0.898. The number of rotatable bonds is 16. The van der Waals surface area contributed by atoms with Crippen LogP contribution in [0.4, 0.5) is 0 Å². The summed E-state index contributed by atoms with van der Waals surface area (Å²) in [6.45, 7) is 15.2. The van der Waals surface area contributed by atoms with Crippen LogP contribution in [0.25, 0.3) is 0 Å². The number of nitrogens with one attached hydrogen (secondary N) is 4. The first kappa shape index (κ1) is 19.1. The molecule has 0 radical (unpaired) electrons. The first-order valence-corrected chi connectivity index (χ1v) is 7.61. The van der Waals surface area contributed by atoms with Gasteiger partial charge in [0.25, 0.3) is 0 Å². The maximum atomic E-state index is 3.67. The van der Waals surface area contributed by atoms with Gasteiger partial charge in [0.1, 0.15) is 0 Å². The maximum Gasteiger partial charge on any atom is 0.0135 e. The first-order valence-electron chi connectivity index (χ1n) is 7.61. The Balaban J connectivity index is 3.05. The van der Waals surface area contributed by atoms with Crippen molar-refractivity contribution in [3.8, 4) is 0 Å². The van der Waals surface area contributed by atoms with Gasteiger partial charge in [0, 0.05) is 26.2 Å². The largest absolute Gasteiger partial charge is 0.313 e. The molecule has 0 unspecified atom stereocenters. The lowest BCUT2D eigenvalue weighted by Gasteiger charge is -2.03. The van der Waals surface area contributed by atoms with Gasteiger partial charge in [-0.05, 0) is 39.0 Å². The van der Waals surface area contributed by atoms with Gasteiger partial charge in [-0.25, -0.2) is 0 Å². The summed E-state index contributed by atoms with van der Waals surface area (Å²) in [7, 11) is 0. The summed E-state index contributed by atoms with van der Waals surface area (Å²) in [6, 6.07) is 0. The molecule has 0 amide bonds.